The lowest BCUT2D eigenvalue weighted by atomic mass is 9.96. The first-order valence-electron chi connectivity index (χ1n) is 20.6. The first-order valence-corrected chi connectivity index (χ1v) is 20.6. The van der Waals surface area contributed by atoms with E-state index < -0.39 is 0 Å². The summed E-state index contributed by atoms with van der Waals surface area (Å²) in [5, 5.41) is 4.91. The Kier molecular flexibility index (Phi) is 8.87. The van der Waals surface area contributed by atoms with Crippen LogP contribution in [0.2, 0.25) is 0 Å². The van der Waals surface area contributed by atoms with Gasteiger partial charge >= 0.3 is 0 Å². The minimum atomic E-state index is 1.09. The van der Waals surface area contributed by atoms with Crippen LogP contribution in [0.15, 0.2) is 243 Å². The highest BCUT2D eigenvalue weighted by molar-refractivity contribution is 6.16. The fourth-order valence-electron chi connectivity index (χ4n) is 8.84. The number of nitrogens with zero attached hydrogens (tertiary/aromatic N) is 2. The maximum atomic E-state index is 2.41. The first-order chi connectivity index (χ1) is 29.7. The van der Waals surface area contributed by atoms with Crippen molar-refractivity contribution in [3.05, 3.63) is 243 Å². The summed E-state index contributed by atoms with van der Waals surface area (Å²) in [5.41, 5.74) is 16.3. The number of aromatic nitrogens is 1. The Hall–Kier alpha value is -7.94. The van der Waals surface area contributed by atoms with Crippen LogP contribution in [0.3, 0.4) is 0 Å². The first kappa shape index (κ1) is 35.2. The zero-order valence-corrected chi connectivity index (χ0v) is 33.0. The fraction of sp³-hybridized carbons (Fsp3) is 0. The van der Waals surface area contributed by atoms with Gasteiger partial charge in [-0.2, -0.15) is 0 Å². The molecule has 0 radical (unpaired) electrons. The smallest absolute Gasteiger partial charge is 0.0547 e. The predicted molar refractivity (Wildman–Crippen MR) is 255 cm³/mol. The molecular formula is C58H40N2. The summed E-state index contributed by atoms with van der Waals surface area (Å²) in [6.45, 7) is 0. The highest BCUT2D eigenvalue weighted by Gasteiger charge is 2.20. The molecule has 0 amide bonds. The zero-order valence-electron chi connectivity index (χ0n) is 33.0. The molecule has 0 unspecified atom stereocenters. The third kappa shape index (κ3) is 6.41. The second-order valence-corrected chi connectivity index (χ2v) is 15.4. The average molecular weight is 765 g/mol. The Morgan fingerprint density at radius 1 is 0.283 bits per heavy atom. The highest BCUT2D eigenvalue weighted by atomic mass is 15.1. The van der Waals surface area contributed by atoms with Gasteiger partial charge in [-0.05, 0) is 122 Å². The number of hydrogen-bond donors (Lipinski definition) is 0. The number of fused-ring (bicyclic) bond motifs is 4. The molecule has 0 spiro atoms. The number of benzene rings is 10. The van der Waals surface area contributed by atoms with Gasteiger partial charge in [0.15, 0.2) is 0 Å². The van der Waals surface area contributed by atoms with Crippen LogP contribution in [0.25, 0.3) is 82.8 Å². The largest absolute Gasteiger partial charge is 0.310 e. The molecule has 0 aliphatic carbocycles. The summed E-state index contributed by atoms with van der Waals surface area (Å²) >= 11 is 0. The van der Waals surface area contributed by atoms with Gasteiger partial charge in [-0.1, -0.05) is 176 Å². The normalized spacial score (nSPS) is 11.3. The standard InChI is InChI=1S/C58H40N2/c1-4-14-41(15-5-1)44-26-29-46(30-27-44)54-24-13-25-57-58(54)55-40-53(36-37-56(55)60(57)50-21-8-3-9-22-50)59(51-34-32-45(33-35-51)42-16-6-2-7-17-42)52-23-12-20-48(39-52)49-31-28-43-18-10-11-19-47(43)38-49/h1-40H. The quantitative estimate of drug-likeness (QED) is 0.150. The number of rotatable bonds is 8. The Bertz CT molecular complexity index is 3270. The summed E-state index contributed by atoms with van der Waals surface area (Å²) < 4.78 is 2.41. The van der Waals surface area contributed by atoms with E-state index in [1.165, 1.54) is 71.6 Å². The highest BCUT2D eigenvalue weighted by Crippen LogP contribution is 2.44. The molecule has 0 aliphatic rings. The molecule has 2 heteroatoms. The van der Waals surface area contributed by atoms with Gasteiger partial charge in [0, 0.05) is 33.5 Å². The van der Waals surface area contributed by atoms with Gasteiger partial charge in [0.1, 0.15) is 0 Å². The SMILES string of the molecule is c1ccc(-c2ccc(-c3cccc4c3c3cc(N(c5ccc(-c6ccccc6)cc5)c5cccc(-c6ccc7ccccc7c6)c5)ccc3n4-c3ccccc3)cc2)cc1. The molecule has 11 rings (SSSR count). The minimum Gasteiger partial charge on any atom is -0.310 e. The summed E-state index contributed by atoms with van der Waals surface area (Å²) in [7, 11) is 0. The van der Waals surface area contributed by atoms with Crippen molar-refractivity contribution in [2.24, 2.45) is 0 Å². The van der Waals surface area contributed by atoms with E-state index in [4.69, 9.17) is 0 Å². The van der Waals surface area contributed by atoms with Gasteiger partial charge in [0.25, 0.3) is 0 Å². The second-order valence-electron chi connectivity index (χ2n) is 15.4. The summed E-state index contributed by atoms with van der Waals surface area (Å²) in [4.78, 5) is 2.40. The molecule has 60 heavy (non-hydrogen) atoms. The molecular weight excluding hydrogens is 725 g/mol. The molecule has 1 aromatic heterocycles. The molecule has 0 atom stereocenters. The molecule has 11 aromatic rings. The molecule has 0 bridgehead atoms. The van der Waals surface area contributed by atoms with Crippen molar-refractivity contribution in [2.75, 3.05) is 4.90 Å². The molecule has 0 saturated carbocycles. The lowest BCUT2D eigenvalue weighted by molar-refractivity contribution is 1.18. The predicted octanol–water partition coefficient (Wildman–Crippen LogP) is 16.1. The van der Waals surface area contributed by atoms with Crippen molar-refractivity contribution < 1.29 is 0 Å². The van der Waals surface area contributed by atoms with Crippen molar-refractivity contribution in [3.8, 4) is 50.2 Å². The minimum absolute atomic E-state index is 1.09. The summed E-state index contributed by atoms with van der Waals surface area (Å²) in [5.74, 6) is 0. The van der Waals surface area contributed by atoms with Crippen LogP contribution in [0, 0.1) is 0 Å². The van der Waals surface area contributed by atoms with Gasteiger partial charge in [0.2, 0.25) is 0 Å². The maximum absolute atomic E-state index is 2.41. The second kappa shape index (κ2) is 15.1. The van der Waals surface area contributed by atoms with E-state index in [-0.39, 0.29) is 0 Å². The molecule has 1 heterocycles. The Morgan fingerprint density at radius 2 is 0.800 bits per heavy atom. The van der Waals surface area contributed by atoms with Crippen molar-refractivity contribution in [3.63, 3.8) is 0 Å². The number of para-hydroxylation sites is 1. The van der Waals surface area contributed by atoms with Gasteiger partial charge in [0.05, 0.1) is 11.0 Å². The zero-order chi connectivity index (χ0) is 39.8. The van der Waals surface area contributed by atoms with Crippen LogP contribution in [0.1, 0.15) is 0 Å². The van der Waals surface area contributed by atoms with Gasteiger partial charge < -0.3 is 9.47 Å². The van der Waals surface area contributed by atoms with E-state index in [1.54, 1.807) is 0 Å². The monoisotopic (exact) mass is 764 g/mol. The topological polar surface area (TPSA) is 8.17 Å². The number of anilines is 3. The van der Waals surface area contributed by atoms with Crippen LogP contribution in [0.5, 0.6) is 0 Å². The summed E-state index contributed by atoms with van der Waals surface area (Å²) in [6, 6.07) is 87.9. The van der Waals surface area contributed by atoms with E-state index >= 15 is 0 Å². The third-order valence-corrected chi connectivity index (χ3v) is 11.8. The lowest BCUT2D eigenvalue weighted by Crippen LogP contribution is -2.10. The van der Waals surface area contributed by atoms with Crippen molar-refractivity contribution in [2.45, 2.75) is 0 Å². The molecule has 2 nitrogen and oxygen atoms in total. The molecule has 0 aliphatic heterocycles. The average Bonchev–Trinajstić information content (AvgIpc) is 3.67. The molecule has 0 saturated heterocycles. The molecule has 10 aromatic carbocycles. The van der Waals surface area contributed by atoms with E-state index in [0.717, 1.165) is 28.3 Å². The van der Waals surface area contributed by atoms with Crippen LogP contribution >= 0.6 is 0 Å². The van der Waals surface area contributed by atoms with Gasteiger partial charge in [-0.3, -0.25) is 0 Å². The van der Waals surface area contributed by atoms with Crippen LogP contribution < -0.4 is 4.90 Å². The van der Waals surface area contributed by atoms with Crippen molar-refractivity contribution in [1.29, 1.82) is 0 Å². The third-order valence-electron chi connectivity index (χ3n) is 11.8. The Morgan fingerprint density at radius 3 is 1.52 bits per heavy atom. The van der Waals surface area contributed by atoms with Gasteiger partial charge in [-0.15, -0.1) is 0 Å². The van der Waals surface area contributed by atoms with E-state index in [9.17, 15) is 0 Å². The van der Waals surface area contributed by atoms with Crippen molar-refractivity contribution in [1.82, 2.24) is 4.57 Å². The van der Waals surface area contributed by atoms with Crippen LogP contribution in [-0.2, 0) is 0 Å². The fourth-order valence-corrected chi connectivity index (χ4v) is 8.84. The maximum Gasteiger partial charge on any atom is 0.0547 e. The number of hydrogen-bond acceptors (Lipinski definition) is 1. The van der Waals surface area contributed by atoms with Gasteiger partial charge in [-0.25, -0.2) is 0 Å². The van der Waals surface area contributed by atoms with Crippen LogP contribution in [0.4, 0.5) is 17.1 Å². The molecule has 0 fully saturated rings. The molecule has 0 N–H and O–H groups in total. The van der Waals surface area contributed by atoms with Crippen molar-refractivity contribution >= 4 is 49.6 Å². The molecule has 282 valence electrons. The van der Waals surface area contributed by atoms with E-state index in [0.29, 0.717) is 0 Å². The Balaban J connectivity index is 1.11. The lowest BCUT2D eigenvalue weighted by Gasteiger charge is -2.26. The Labute approximate surface area is 350 Å². The van der Waals surface area contributed by atoms with E-state index in [2.05, 4.69) is 252 Å². The van der Waals surface area contributed by atoms with E-state index in [1.807, 2.05) is 0 Å². The van der Waals surface area contributed by atoms with Crippen LogP contribution in [-0.4, -0.2) is 4.57 Å². The summed E-state index contributed by atoms with van der Waals surface area (Å²) in [6.07, 6.45) is 0.